The van der Waals surface area contributed by atoms with Gasteiger partial charge in [-0.1, -0.05) is 165 Å². The zero-order valence-electron chi connectivity index (χ0n) is 35.2. The van der Waals surface area contributed by atoms with Crippen molar-refractivity contribution < 1.29 is 0 Å². The lowest BCUT2D eigenvalue weighted by molar-refractivity contribution is 0.220. The summed E-state index contributed by atoms with van der Waals surface area (Å²) in [5.74, 6) is 3.85. The second-order valence-corrected chi connectivity index (χ2v) is 15.9. The standard InChI is InChI=1S/C48H72N8/c1-5-9-13-23-31-49-41-35-39(53-47(55-41)51-33-25-15-11-7-3)45-43(37-27-19-17-20-28-37)46(44(45)38-29-21-18-22-30-38)40-36-42(50-32-24-14-10-6-2)56-48(54-40)52-34-26-16-12-8-4/h17-22,27-30,35-36,43-46H,5-16,23-26,31-34H2,1-4H3,(H2,49,51,53,55)(H2,50,52,54,56)/t43-,44-,45-,46-. The van der Waals surface area contributed by atoms with E-state index in [1.54, 1.807) is 0 Å². The molecule has 4 N–H and O–H groups in total. The molecule has 5 rings (SSSR count). The second-order valence-electron chi connectivity index (χ2n) is 15.9. The topological polar surface area (TPSA) is 99.7 Å². The molecule has 8 nitrogen and oxygen atoms in total. The van der Waals surface area contributed by atoms with Gasteiger partial charge >= 0.3 is 0 Å². The Morgan fingerprint density at radius 2 is 0.714 bits per heavy atom. The minimum Gasteiger partial charge on any atom is -0.370 e. The van der Waals surface area contributed by atoms with Gasteiger partial charge < -0.3 is 21.3 Å². The summed E-state index contributed by atoms with van der Waals surface area (Å²) in [6, 6.07) is 26.6. The fraction of sp³-hybridized carbons (Fsp3) is 0.583. The van der Waals surface area contributed by atoms with Crippen LogP contribution in [0.3, 0.4) is 0 Å². The van der Waals surface area contributed by atoms with Crippen molar-refractivity contribution in [3.05, 3.63) is 95.3 Å². The van der Waals surface area contributed by atoms with E-state index in [1.807, 2.05) is 0 Å². The van der Waals surface area contributed by atoms with Crippen molar-refractivity contribution in [2.45, 2.75) is 154 Å². The third kappa shape index (κ3) is 12.9. The molecule has 0 atom stereocenters. The lowest BCUT2D eigenvalue weighted by Gasteiger charge is -2.52. The SMILES string of the molecule is CCCCCCNc1cc([C@H]2[C@H](c3ccccc3)[C@H](c3cc(NCCCCCC)nc(NCCCCCC)n3)[C@H]2c2ccccc2)nc(NCCCCCC)n1. The first-order chi connectivity index (χ1) is 27.7. The van der Waals surface area contributed by atoms with Gasteiger partial charge in [-0.3, -0.25) is 0 Å². The molecule has 1 saturated carbocycles. The minimum atomic E-state index is 0.125. The van der Waals surface area contributed by atoms with Crippen LogP contribution in [0.25, 0.3) is 0 Å². The van der Waals surface area contributed by atoms with Crippen LogP contribution in [0.15, 0.2) is 72.8 Å². The van der Waals surface area contributed by atoms with Crippen LogP contribution < -0.4 is 21.3 Å². The van der Waals surface area contributed by atoms with E-state index >= 15 is 0 Å². The zero-order valence-corrected chi connectivity index (χ0v) is 35.2. The molecule has 2 heterocycles. The number of hydrogen-bond donors (Lipinski definition) is 4. The first kappa shape index (κ1) is 42.9. The van der Waals surface area contributed by atoms with Gasteiger partial charge in [0.15, 0.2) is 0 Å². The number of benzene rings is 2. The van der Waals surface area contributed by atoms with Crippen LogP contribution in [0.4, 0.5) is 23.5 Å². The maximum atomic E-state index is 5.36. The molecule has 0 bridgehead atoms. The molecule has 0 radical (unpaired) electrons. The molecular weight excluding hydrogens is 689 g/mol. The van der Waals surface area contributed by atoms with E-state index in [1.165, 1.54) is 88.2 Å². The summed E-state index contributed by atoms with van der Waals surface area (Å²) in [6.45, 7) is 12.6. The number of anilines is 4. The maximum Gasteiger partial charge on any atom is 0.224 e. The average molecular weight is 761 g/mol. The quantitative estimate of drug-likeness (QED) is 0.0425. The first-order valence-electron chi connectivity index (χ1n) is 22.5. The molecule has 8 heteroatoms. The number of unbranched alkanes of at least 4 members (excludes halogenated alkanes) is 12. The number of aromatic nitrogens is 4. The van der Waals surface area contributed by atoms with Crippen LogP contribution in [-0.4, -0.2) is 46.1 Å². The molecule has 1 aliphatic rings. The lowest BCUT2D eigenvalue weighted by Crippen LogP contribution is -2.41. The van der Waals surface area contributed by atoms with E-state index in [0.717, 1.165) is 86.8 Å². The number of hydrogen-bond acceptors (Lipinski definition) is 8. The summed E-state index contributed by atoms with van der Waals surface area (Å²) in [4.78, 5) is 20.8. The Balaban J connectivity index is 1.55. The molecule has 0 unspecified atom stereocenters. The van der Waals surface area contributed by atoms with Crippen LogP contribution in [-0.2, 0) is 0 Å². The summed E-state index contributed by atoms with van der Waals surface area (Å²) in [7, 11) is 0. The van der Waals surface area contributed by atoms with Crippen molar-refractivity contribution in [3.8, 4) is 0 Å². The molecule has 0 amide bonds. The fourth-order valence-corrected chi connectivity index (χ4v) is 8.32. The molecule has 4 aromatic rings. The van der Waals surface area contributed by atoms with Gasteiger partial charge in [0, 0.05) is 62.0 Å². The van der Waals surface area contributed by atoms with Gasteiger partial charge in [-0.05, 0) is 36.8 Å². The van der Waals surface area contributed by atoms with Crippen LogP contribution >= 0.6 is 0 Å². The Kier molecular flexibility index (Phi) is 18.7. The van der Waals surface area contributed by atoms with Gasteiger partial charge in [0.1, 0.15) is 11.6 Å². The predicted molar refractivity (Wildman–Crippen MR) is 238 cm³/mol. The molecule has 1 aliphatic carbocycles. The third-order valence-electron chi connectivity index (χ3n) is 11.4. The Labute approximate surface area is 339 Å². The average Bonchev–Trinajstić information content (AvgIpc) is 3.21. The molecule has 2 aromatic carbocycles. The van der Waals surface area contributed by atoms with Gasteiger partial charge in [-0.25, -0.2) is 9.97 Å². The van der Waals surface area contributed by atoms with Crippen molar-refractivity contribution in [1.29, 1.82) is 0 Å². The molecule has 56 heavy (non-hydrogen) atoms. The largest absolute Gasteiger partial charge is 0.370 e. The van der Waals surface area contributed by atoms with Crippen LogP contribution in [0, 0.1) is 0 Å². The van der Waals surface area contributed by atoms with Gasteiger partial charge in [0.2, 0.25) is 11.9 Å². The second kappa shape index (κ2) is 24.4. The van der Waals surface area contributed by atoms with Crippen molar-refractivity contribution in [3.63, 3.8) is 0 Å². The minimum absolute atomic E-state index is 0.125. The highest BCUT2D eigenvalue weighted by Gasteiger charge is 2.54. The zero-order chi connectivity index (χ0) is 39.2. The van der Waals surface area contributed by atoms with Crippen LogP contribution in [0.5, 0.6) is 0 Å². The number of nitrogens with one attached hydrogen (secondary N) is 4. The maximum absolute atomic E-state index is 5.36. The smallest absolute Gasteiger partial charge is 0.224 e. The molecule has 0 saturated heterocycles. The van der Waals surface area contributed by atoms with Crippen molar-refractivity contribution in [2.75, 3.05) is 47.4 Å². The Morgan fingerprint density at radius 3 is 1.05 bits per heavy atom. The predicted octanol–water partition coefficient (Wildman–Crippen LogP) is 12.7. The summed E-state index contributed by atoms with van der Waals surface area (Å²) >= 11 is 0. The number of rotatable bonds is 28. The van der Waals surface area contributed by atoms with Gasteiger partial charge in [0.05, 0.1) is 11.4 Å². The van der Waals surface area contributed by atoms with Crippen molar-refractivity contribution in [1.82, 2.24) is 19.9 Å². The van der Waals surface area contributed by atoms with Crippen LogP contribution in [0.1, 0.15) is 177 Å². The van der Waals surface area contributed by atoms with E-state index in [-0.39, 0.29) is 23.7 Å². The van der Waals surface area contributed by atoms with Gasteiger partial charge in [0.25, 0.3) is 0 Å². The summed E-state index contributed by atoms with van der Waals surface area (Å²) in [5, 5.41) is 14.7. The monoisotopic (exact) mass is 761 g/mol. The van der Waals surface area contributed by atoms with Crippen LogP contribution in [0.2, 0.25) is 0 Å². The van der Waals surface area contributed by atoms with Gasteiger partial charge in [-0.15, -0.1) is 0 Å². The van der Waals surface area contributed by atoms with E-state index < -0.39 is 0 Å². The third-order valence-corrected chi connectivity index (χ3v) is 11.4. The number of nitrogens with zero attached hydrogens (tertiary/aromatic N) is 4. The normalized spacial score (nSPS) is 17.6. The van der Waals surface area contributed by atoms with E-state index in [4.69, 9.17) is 19.9 Å². The summed E-state index contributed by atoms with van der Waals surface area (Å²) in [6.07, 6.45) is 19.3. The van der Waals surface area contributed by atoms with E-state index in [9.17, 15) is 0 Å². The highest BCUT2D eigenvalue weighted by Crippen LogP contribution is 2.66. The Hall–Kier alpha value is -4.20. The molecular formula is C48H72N8. The highest BCUT2D eigenvalue weighted by molar-refractivity contribution is 5.52. The first-order valence-corrected chi connectivity index (χ1v) is 22.5. The summed E-state index contributed by atoms with van der Waals surface area (Å²) in [5.41, 5.74) is 4.81. The highest BCUT2D eigenvalue weighted by atomic mass is 15.2. The van der Waals surface area contributed by atoms with E-state index in [2.05, 4.69) is 122 Å². The molecule has 304 valence electrons. The summed E-state index contributed by atoms with van der Waals surface area (Å²) < 4.78 is 0. The fourth-order valence-electron chi connectivity index (χ4n) is 8.32. The van der Waals surface area contributed by atoms with E-state index in [0.29, 0.717) is 0 Å². The lowest BCUT2D eigenvalue weighted by atomic mass is 9.50. The molecule has 0 aliphatic heterocycles. The van der Waals surface area contributed by atoms with Crippen molar-refractivity contribution in [2.24, 2.45) is 0 Å². The Bertz CT molecular complexity index is 1450. The molecule has 0 spiro atoms. The van der Waals surface area contributed by atoms with Crippen molar-refractivity contribution >= 4 is 23.5 Å². The van der Waals surface area contributed by atoms with Gasteiger partial charge in [-0.2, -0.15) is 9.97 Å². The molecule has 1 fully saturated rings. The molecule has 2 aromatic heterocycles. The Morgan fingerprint density at radius 1 is 0.375 bits per heavy atom.